The van der Waals surface area contributed by atoms with E-state index in [1.54, 1.807) is 6.92 Å². The van der Waals surface area contributed by atoms with Crippen molar-refractivity contribution in [3.8, 4) is 0 Å². The van der Waals surface area contributed by atoms with Crippen LogP contribution in [0.1, 0.15) is 18.1 Å². The van der Waals surface area contributed by atoms with E-state index in [4.69, 9.17) is 10.5 Å². The molecule has 0 unspecified atom stereocenters. The fraction of sp³-hybridized carbons (Fsp3) is 0.429. The van der Waals surface area contributed by atoms with Gasteiger partial charge in [0.25, 0.3) is 0 Å². The van der Waals surface area contributed by atoms with Crippen molar-refractivity contribution in [2.45, 2.75) is 19.6 Å². The lowest BCUT2D eigenvalue weighted by molar-refractivity contribution is -0.148. The van der Waals surface area contributed by atoms with Crippen LogP contribution in [0.25, 0.3) is 0 Å². The first-order chi connectivity index (χ1) is 10.3. The molecule has 5 nitrogen and oxygen atoms in total. The number of hydrogen-bond donors (Lipinski definition) is 1. The van der Waals surface area contributed by atoms with Gasteiger partial charge in [-0.3, -0.25) is 9.59 Å². The predicted molar refractivity (Wildman–Crippen MR) is 72.5 cm³/mol. The minimum atomic E-state index is -4.42. The molecule has 1 aromatic rings. The second kappa shape index (κ2) is 7.79. The molecule has 122 valence electrons. The van der Waals surface area contributed by atoms with Gasteiger partial charge in [-0.25, -0.2) is 0 Å². The summed E-state index contributed by atoms with van der Waals surface area (Å²) in [6.45, 7) is 1.17. The molecule has 8 heteroatoms. The Balaban J connectivity index is 2.81. The number of halogens is 3. The number of amides is 1. The van der Waals surface area contributed by atoms with Crippen LogP contribution in [-0.2, 0) is 27.0 Å². The number of carbonyl (C=O) groups excluding carboxylic acids is 2. The third-order valence-corrected chi connectivity index (χ3v) is 2.81. The molecule has 1 aromatic carbocycles. The van der Waals surface area contributed by atoms with E-state index in [1.165, 1.54) is 12.1 Å². The summed E-state index contributed by atoms with van der Waals surface area (Å²) in [7, 11) is 0. The van der Waals surface area contributed by atoms with Gasteiger partial charge in [0.15, 0.2) is 0 Å². The number of nitrogens with zero attached hydrogens (tertiary/aromatic N) is 1. The van der Waals surface area contributed by atoms with Gasteiger partial charge in [0.05, 0.1) is 18.7 Å². The van der Waals surface area contributed by atoms with Gasteiger partial charge < -0.3 is 15.4 Å². The average Bonchev–Trinajstić information content (AvgIpc) is 2.45. The van der Waals surface area contributed by atoms with Crippen molar-refractivity contribution >= 4 is 11.9 Å². The van der Waals surface area contributed by atoms with E-state index >= 15 is 0 Å². The molecule has 0 fully saturated rings. The Morgan fingerprint density at radius 2 is 1.82 bits per heavy atom. The maximum atomic E-state index is 12.5. The molecule has 1 rings (SSSR count). The minimum Gasteiger partial charge on any atom is -0.465 e. The number of rotatable bonds is 6. The van der Waals surface area contributed by atoms with Gasteiger partial charge in [0, 0.05) is 6.54 Å². The summed E-state index contributed by atoms with van der Waals surface area (Å²) in [5, 5.41) is 0. The molecule has 0 bridgehead atoms. The summed E-state index contributed by atoms with van der Waals surface area (Å²) in [6.07, 6.45) is -4.42. The molecule has 0 aliphatic rings. The Bertz CT molecular complexity index is 515. The molecular formula is C14H17F3N2O3. The van der Waals surface area contributed by atoms with Crippen LogP contribution in [0, 0.1) is 0 Å². The zero-order valence-corrected chi connectivity index (χ0v) is 12.0. The Labute approximate surface area is 125 Å². The molecular weight excluding hydrogens is 301 g/mol. The van der Waals surface area contributed by atoms with Gasteiger partial charge in [0.1, 0.15) is 6.54 Å². The van der Waals surface area contributed by atoms with Crippen LogP contribution in [-0.4, -0.2) is 36.5 Å². The second-order valence-electron chi connectivity index (χ2n) is 4.45. The van der Waals surface area contributed by atoms with Crippen molar-refractivity contribution in [1.29, 1.82) is 0 Å². The smallest absolute Gasteiger partial charge is 0.416 e. The molecule has 22 heavy (non-hydrogen) atoms. The normalized spacial score (nSPS) is 11.1. The quantitative estimate of drug-likeness (QED) is 0.808. The fourth-order valence-electron chi connectivity index (χ4n) is 1.74. The van der Waals surface area contributed by atoms with Crippen molar-refractivity contribution < 1.29 is 27.5 Å². The van der Waals surface area contributed by atoms with Crippen molar-refractivity contribution in [2.24, 2.45) is 5.73 Å². The van der Waals surface area contributed by atoms with Gasteiger partial charge in [-0.05, 0) is 24.6 Å². The van der Waals surface area contributed by atoms with E-state index in [1.807, 2.05) is 0 Å². The number of esters is 1. The van der Waals surface area contributed by atoms with Crippen LogP contribution in [0.15, 0.2) is 24.3 Å². The monoisotopic (exact) mass is 318 g/mol. The van der Waals surface area contributed by atoms with Crippen LogP contribution in [0.4, 0.5) is 13.2 Å². The van der Waals surface area contributed by atoms with Gasteiger partial charge >= 0.3 is 12.1 Å². The Kier molecular flexibility index (Phi) is 6.36. The van der Waals surface area contributed by atoms with E-state index in [-0.39, 0.29) is 26.2 Å². The Hall–Kier alpha value is -2.09. The van der Waals surface area contributed by atoms with E-state index in [2.05, 4.69) is 0 Å². The van der Waals surface area contributed by atoms with E-state index < -0.39 is 23.6 Å². The minimum absolute atomic E-state index is 0.0208. The maximum absolute atomic E-state index is 12.5. The third kappa shape index (κ3) is 5.36. The first-order valence-electron chi connectivity index (χ1n) is 6.57. The molecule has 0 spiro atoms. The topological polar surface area (TPSA) is 72.6 Å². The van der Waals surface area contributed by atoms with Crippen molar-refractivity contribution in [3.05, 3.63) is 35.4 Å². The molecule has 0 saturated heterocycles. The highest BCUT2D eigenvalue weighted by molar-refractivity contribution is 5.83. The molecule has 2 N–H and O–H groups in total. The highest BCUT2D eigenvalue weighted by Gasteiger charge is 2.30. The fourth-order valence-corrected chi connectivity index (χ4v) is 1.74. The average molecular weight is 318 g/mol. The lowest BCUT2D eigenvalue weighted by Crippen LogP contribution is -2.39. The summed E-state index contributed by atoms with van der Waals surface area (Å²) in [4.78, 5) is 24.3. The van der Waals surface area contributed by atoms with Crippen molar-refractivity contribution in [3.63, 3.8) is 0 Å². The number of alkyl halides is 3. The zero-order chi connectivity index (χ0) is 16.8. The number of benzene rings is 1. The lowest BCUT2D eigenvalue weighted by atomic mass is 10.1. The molecule has 0 heterocycles. The Morgan fingerprint density at radius 3 is 2.27 bits per heavy atom. The summed E-state index contributed by atoms with van der Waals surface area (Å²) in [5.74, 6) is -1.09. The Morgan fingerprint density at radius 1 is 1.23 bits per heavy atom. The summed E-state index contributed by atoms with van der Waals surface area (Å²) in [6, 6.07) is 4.35. The predicted octanol–water partition coefficient (Wildman–Crippen LogP) is 1.56. The molecule has 0 atom stereocenters. The van der Waals surface area contributed by atoms with Crippen LogP contribution in [0.5, 0.6) is 0 Å². The molecule has 1 amide bonds. The van der Waals surface area contributed by atoms with Crippen LogP contribution in [0.2, 0.25) is 0 Å². The second-order valence-corrected chi connectivity index (χ2v) is 4.45. The van der Waals surface area contributed by atoms with Crippen molar-refractivity contribution in [2.75, 3.05) is 19.7 Å². The van der Waals surface area contributed by atoms with E-state index in [0.717, 1.165) is 17.0 Å². The standard InChI is InChI=1S/C14H17F3N2O3/c1-2-22-13(21)9-19(12(20)7-18)8-10-3-5-11(6-4-10)14(15,16)17/h3-6H,2,7-9,18H2,1H3. The molecule has 0 radical (unpaired) electrons. The lowest BCUT2D eigenvalue weighted by Gasteiger charge is -2.21. The van der Waals surface area contributed by atoms with Gasteiger partial charge in [-0.1, -0.05) is 12.1 Å². The molecule has 0 aromatic heterocycles. The number of carbonyl (C=O) groups is 2. The van der Waals surface area contributed by atoms with Crippen LogP contribution >= 0.6 is 0 Å². The third-order valence-electron chi connectivity index (χ3n) is 2.81. The molecule has 0 aliphatic heterocycles. The summed E-state index contributed by atoms with van der Waals surface area (Å²) < 4.78 is 42.2. The van der Waals surface area contributed by atoms with Crippen LogP contribution in [0.3, 0.4) is 0 Å². The first kappa shape index (κ1) is 18.0. The SMILES string of the molecule is CCOC(=O)CN(Cc1ccc(C(F)(F)F)cc1)C(=O)CN. The van der Waals surface area contributed by atoms with E-state index in [9.17, 15) is 22.8 Å². The highest BCUT2D eigenvalue weighted by Crippen LogP contribution is 2.29. The molecule has 0 saturated carbocycles. The van der Waals surface area contributed by atoms with Gasteiger partial charge in [-0.15, -0.1) is 0 Å². The first-order valence-corrected chi connectivity index (χ1v) is 6.57. The number of ether oxygens (including phenoxy) is 1. The number of hydrogen-bond acceptors (Lipinski definition) is 4. The molecule has 0 aliphatic carbocycles. The summed E-state index contributed by atoms with van der Waals surface area (Å²) >= 11 is 0. The number of nitrogens with two attached hydrogens (primary N) is 1. The maximum Gasteiger partial charge on any atom is 0.416 e. The van der Waals surface area contributed by atoms with Gasteiger partial charge in [-0.2, -0.15) is 13.2 Å². The summed E-state index contributed by atoms with van der Waals surface area (Å²) in [5.41, 5.74) is 4.94. The van der Waals surface area contributed by atoms with Crippen molar-refractivity contribution in [1.82, 2.24) is 4.90 Å². The highest BCUT2D eigenvalue weighted by atomic mass is 19.4. The largest absolute Gasteiger partial charge is 0.465 e. The zero-order valence-electron chi connectivity index (χ0n) is 12.0. The van der Waals surface area contributed by atoms with Crippen LogP contribution < -0.4 is 5.73 Å². The van der Waals surface area contributed by atoms with Gasteiger partial charge in [0.2, 0.25) is 5.91 Å². The van der Waals surface area contributed by atoms with E-state index in [0.29, 0.717) is 5.56 Å².